The van der Waals surface area contributed by atoms with Gasteiger partial charge in [0.05, 0.1) is 7.11 Å². The number of fused-ring (bicyclic) bond motifs is 1. The van der Waals surface area contributed by atoms with Crippen LogP contribution in [0.4, 0.5) is 0 Å². The van der Waals surface area contributed by atoms with Crippen LogP contribution in [0.5, 0.6) is 5.75 Å². The van der Waals surface area contributed by atoms with Gasteiger partial charge in [0.2, 0.25) is 5.91 Å². The van der Waals surface area contributed by atoms with Gasteiger partial charge in [0.25, 0.3) is 5.91 Å². The Morgan fingerprint density at radius 2 is 1.89 bits per heavy atom. The van der Waals surface area contributed by atoms with Crippen molar-refractivity contribution in [1.82, 2.24) is 10.2 Å². The van der Waals surface area contributed by atoms with E-state index in [1.165, 1.54) is 0 Å². The van der Waals surface area contributed by atoms with Gasteiger partial charge in [0, 0.05) is 18.7 Å². The van der Waals surface area contributed by atoms with Crippen molar-refractivity contribution < 1.29 is 14.3 Å². The van der Waals surface area contributed by atoms with Crippen LogP contribution in [0.1, 0.15) is 41.8 Å². The Kier molecular flexibility index (Phi) is 5.79. The largest absolute Gasteiger partial charge is 0.497 e. The summed E-state index contributed by atoms with van der Waals surface area (Å²) in [6.07, 6.45) is 0.820. The van der Waals surface area contributed by atoms with Crippen molar-refractivity contribution in [1.29, 1.82) is 0 Å². The van der Waals surface area contributed by atoms with Gasteiger partial charge in [-0.15, -0.1) is 0 Å². The highest BCUT2D eigenvalue weighted by Crippen LogP contribution is 2.28. The molecule has 0 bridgehead atoms. The van der Waals surface area contributed by atoms with Gasteiger partial charge in [-0.2, -0.15) is 0 Å². The van der Waals surface area contributed by atoms with E-state index in [0.717, 1.165) is 23.3 Å². The normalized spacial score (nSPS) is 15.2. The van der Waals surface area contributed by atoms with E-state index in [4.69, 9.17) is 4.74 Å². The van der Waals surface area contributed by atoms with E-state index in [2.05, 4.69) is 5.32 Å². The molecule has 1 aliphatic rings. The summed E-state index contributed by atoms with van der Waals surface area (Å²) in [5.41, 5.74) is 2.68. The third-order valence-corrected chi connectivity index (χ3v) is 5.26. The average Bonchev–Trinajstić information content (AvgIpc) is 3.03. The fourth-order valence-corrected chi connectivity index (χ4v) is 3.47. The molecule has 2 aromatic rings. The summed E-state index contributed by atoms with van der Waals surface area (Å²) in [6.45, 7) is 4.97. The number of nitrogens with zero attached hydrogens (tertiary/aromatic N) is 1. The molecule has 3 rings (SSSR count). The molecular formula is C22H26N2O3. The van der Waals surface area contributed by atoms with Gasteiger partial charge in [-0.3, -0.25) is 9.59 Å². The molecule has 0 spiro atoms. The number of nitrogens with one attached hydrogen (secondary N) is 1. The Labute approximate surface area is 160 Å². The number of hydrogen-bond acceptors (Lipinski definition) is 3. The molecule has 0 saturated heterocycles. The fourth-order valence-electron chi connectivity index (χ4n) is 3.47. The first-order valence-electron chi connectivity index (χ1n) is 9.34. The predicted octanol–water partition coefficient (Wildman–Crippen LogP) is 3.38. The van der Waals surface area contributed by atoms with Gasteiger partial charge in [-0.1, -0.05) is 50.6 Å². The Morgan fingerprint density at radius 1 is 1.19 bits per heavy atom. The second-order valence-corrected chi connectivity index (χ2v) is 6.99. The molecule has 1 aliphatic heterocycles. The molecule has 0 fully saturated rings. The Morgan fingerprint density at radius 3 is 2.52 bits per heavy atom. The van der Waals surface area contributed by atoms with Crippen molar-refractivity contribution in [2.75, 3.05) is 7.11 Å². The monoisotopic (exact) mass is 366 g/mol. The summed E-state index contributed by atoms with van der Waals surface area (Å²) in [7, 11) is 1.62. The van der Waals surface area contributed by atoms with E-state index in [1.54, 1.807) is 12.0 Å². The zero-order valence-electron chi connectivity index (χ0n) is 16.1. The van der Waals surface area contributed by atoms with Gasteiger partial charge in [0.15, 0.2) is 0 Å². The van der Waals surface area contributed by atoms with Crippen LogP contribution in [0.15, 0.2) is 48.5 Å². The maximum Gasteiger partial charge on any atom is 0.255 e. The van der Waals surface area contributed by atoms with Crippen molar-refractivity contribution in [3.63, 3.8) is 0 Å². The van der Waals surface area contributed by atoms with E-state index < -0.39 is 6.04 Å². The summed E-state index contributed by atoms with van der Waals surface area (Å²) in [5.74, 6) is 0.680. The summed E-state index contributed by atoms with van der Waals surface area (Å²) < 4.78 is 5.16. The molecule has 142 valence electrons. The molecule has 2 atom stereocenters. The van der Waals surface area contributed by atoms with Gasteiger partial charge in [-0.25, -0.2) is 0 Å². The lowest BCUT2D eigenvalue weighted by Gasteiger charge is -2.31. The summed E-state index contributed by atoms with van der Waals surface area (Å²) >= 11 is 0. The van der Waals surface area contributed by atoms with Crippen molar-refractivity contribution in [3.05, 3.63) is 65.2 Å². The SMILES string of the molecule is CC[C@H](C)[C@@H](C(=O)NCc1ccc(OC)cc1)N1Cc2ccccc2C1=O. The smallest absolute Gasteiger partial charge is 0.255 e. The van der Waals surface area contributed by atoms with Crippen LogP contribution >= 0.6 is 0 Å². The topological polar surface area (TPSA) is 58.6 Å². The molecule has 0 unspecified atom stereocenters. The molecule has 5 nitrogen and oxygen atoms in total. The number of rotatable bonds is 7. The molecule has 0 radical (unpaired) electrons. The van der Waals surface area contributed by atoms with Crippen molar-refractivity contribution in [3.8, 4) is 5.75 Å². The van der Waals surface area contributed by atoms with Crippen LogP contribution in [0.2, 0.25) is 0 Å². The quantitative estimate of drug-likeness (QED) is 0.817. The summed E-state index contributed by atoms with van der Waals surface area (Å²) in [5, 5.41) is 3.00. The van der Waals surface area contributed by atoms with Crippen LogP contribution in [0, 0.1) is 5.92 Å². The standard InChI is InChI=1S/C22H26N2O3/c1-4-15(2)20(24-14-17-7-5-6-8-19(17)22(24)26)21(25)23-13-16-9-11-18(27-3)12-10-16/h5-12,15,20H,4,13-14H2,1-3H3,(H,23,25)/t15-,20-/m0/s1. The van der Waals surface area contributed by atoms with E-state index in [0.29, 0.717) is 18.7 Å². The highest BCUT2D eigenvalue weighted by molar-refractivity contribution is 6.01. The van der Waals surface area contributed by atoms with Crippen LogP contribution in [-0.2, 0) is 17.9 Å². The maximum absolute atomic E-state index is 13.0. The van der Waals surface area contributed by atoms with Crippen molar-refractivity contribution >= 4 is 11.8 Å². The molecule has 5 heteroatoms. The second kappa shape index (κ2) is 8.25. The molecule has 2 aromatic carbocycles. The number of ether oxygens (including phenoxy) is 1. The van der Waals surface area contributed by atoms with Crippen LogP contribution < -0.4 is 10.1 Å². The molecule has 27 heavy (non-hydrogen) atoms. The molecule has 0 aromatic heterocycles. The fraction of sp³-hybridized carbons (Fsp3) is 0.364. The Hall–Kier alpha value is -2.82. The third-order valence-electron chi connectivity index (χ3n) is 5.26. The lowest BCUT2D eigenvalue weighted by atomic mass is 9.96. The second-order valence-electron chi connectivity index (χ2n) is 6.99. The van der Waals surface area contributed by atoms with Gasteiger partial charge < -0.3 is 15.0 Å². The van der Waals surface area contributed by atoms with Crippen molar-refractivity contribution in [2.24, 2.45) is 5.92 Å². The Balaban J connectivity index is 1.73. The maximum atomic E-state index is 13.0. The van der Waals surface area contributed by atoms with Crippen LogP contribution in [0.25, 0.3) is 0 Å². The molecule has 1 heterocycles. The number of amides is 2. The van der Waals surface area contributed by atoms with E-state index in [-0.39, 0.29) is 17.7 Å². The lowest BCUT2D eigenvalue weighted by molar-refractivity contribution is -0.127. The number of hydrogen-bond donors (Lipinski definition) is 1. The average molecular weight is 366 g/mol. The minimum absolute atomic E-state index is 0.0597. The lowest BCUT2D eigenvalue weighted by Crippen LogP contribution is -2.50. The predicted molar refractivity (Wildman–Crippen MR) is 104 cm³/mol. The van der Waals surface area contributed by atoms with Crippen LogP contribution in [-0.4, -0.2) is 29.9 Å². The van der Waals surface area contributed by atoms with E-state index in [9.17, 15) is 9.59 Å². The number of benzene rings is 2. The van der Waals surface area contributed by atoms with E-state index in [1.807, 2.05) is 62.4 Å². The molecule has 0 aliphatic carbocycles. The van der Waals surface area contributed by atoms with Crippen LogP contribution in [0.3, 0.4) is 0 Å². The third kappa shape index (κ3) is 3.97. The molecule has 2 amide bonds. The first-order valence-corrected chi connectivity index (χ1v) is 9.34. The number of carbonyl (C=O) groups is 2. The molecular weight excluding hydrogens is 340 g/mol. The number of methoxy groups -OCH3 is 1. The van der Waals surface area contributed by atoms with E-state index >= 15 is 0 Å². The minimum atomic E-state index is -0.479. The van der Waals surface area contributed by atoms with Gasteiger partial charge in [0.1, 0.15) is 11.8 Å². The van der Waals surface area contributed by atoms with Gasteiger partial charge in [-0.05, 0) is 35.2 Å². The Bertz CT molecular complexity index is 817. The zero-order chi connectivity index (χ0) is 19.4. The zero-order valence-corrected chi connectivity index (χ0v) is 16.1. The summed E-state index contributed by atoms with van der Waals surface area (Å²) in [4.78, 5) is 27.5. The highest BCUT2D eigenvalue weighted by Gasteiger charge is 2.38. The number of carbonyl (C=O) groups excluding carboxylic acids is 2. The van der Waals surface area contributed by atoms with Crippen molar-refractivity contribution in [2.45, 2.75) is 39.4 Å². The minimum Gasteiger partial charge on any atom is -0.497 e. The summed E-state index contributed by atoms with van der Waals surface area (Å²) in [6, 6.07) is 14.7. The van der Waals surface area contributed by atoms with Gasteiger partial charge >= 0.3 is 0 Å². The first kappa shape index (κ1) is 19.0. The molecule has 1 N–H and O–H groups in total. The first-order chi connectivity index (χ1) is 13.0. The highest BCUT2D eigenvalue weighted by atomic mass is 16.5. The molecule has 0 saturated carbocycles.